The molecule has 1 aromatic rings. The zero-order valence-corrected chi connectivity index (χ0v) is 13.1. The molecule has 0 radical (unpaired) electrons. The van der Waals surface area contributed by atoms with Crippen molar-refractivity contribution in [2.24, 2.45) is 5.92 Å². The van der Waals surface area contributed by atoms with Crippen LogP contribution in [0.2, 0.25) is 0 Å². The Hall–Kier alpha value is -1.07. The van der Waals surface area contributed by atoms with Crippen molar-refractivity contribution >= 4 is 15.5 Å². The Morgan fingerprint density at radius 2 is 2.05 bits per heavy atom. The molecule has 1 N–H and O–H groups in total. The minimum atomic E-state index is -2.86. The summed E-state index contributed by atoms with van der Waals surface area (Å²) in [5, 5.41) is 3.21. The molecule has 0 aromatic heterocycles. The highest BCUT2D eigenvalue weighted by molar-refractivity contribution is 7.90. The minimum absolute atomic E-state index is 0.208. The van der Waals surface area contributed by atoms with Crippen LogP contribution in [0.4, 0.5) is 5.69 Å². The van der Waals surface area contributed by atoms with Crippen molar-refractivity contribution in [3.63, 3.8) is 0 Å². The average molecular weight is 296 g/mol. The number of sulfone groups is 1. The van der Waals surface area contributed by atoms with Crippen LogP contribution in [0.15, 0.2) is 24.3 Å². The average Bonchev–Trinajstić information content (AvgIpc) is 2.36. The molecule has 5 heteroatoms. The van der Waals surface area contributed by atoms with E-state index in [2.05, 4.69) is 41.4 Å². The van der Waals surface area contributed by atoms with E-state index in [4.69, 9.17) is 0 Å². The number of para-hydroxylation sites is 1. The topological polar surface area (TPSA) is 49.4 Å². The maximum atomic E-state index is 11.1. The van der Waals surface area contributed by atoms with Crippen LogP contribution in [0.5, 0.6) is 0 Å². The predicted molar refractivity (Wildman–Crippen MR) is 84.1 cm³/mol. The molecule has 0 saturated heterocycles. The number of benzene rings is 1. The van der Waals surface area contributed by atoms with Gasteiger partial charge in [-0.3, -0.25) is 0 Å². The molecule has 1 aliphatic heterocycles. The van der Waals surface area contributed by atoms with Crippen LogP contribution in [0.1, 0.15) is 12.5 Å². The van der Waals surface area contributed by atoms with Gasteiger partial charge in [0.1, 0.15) is 9.84 Å². The second-order valence-corrected chi connectivity index (χ2v) is 8.02. The minimum Gasteiger partial charge on any atom is -0.370 e. The Morgan fingerprint density at radius 3 is 2.80 bits per heavy atom. The lowest BCUT2D eigenvalue weighted by Gasteiger charge is -2.35. The number of anilines is 1. The molecule has 1 heterocycles. The molecule has 1 aliphatic rings. The van der Waals surface area contributed by atoms with Crippen molar-refractivity contribution in [1.29, 1.82) is 0 Å². The van der Waals surface area contributed by atoms with Gasteiger partial charge in [-0.25, -0.2) is 8.42 Å². The zero-order chi connectivity index (χ0) is 14.6. The van der Waals surface area contributed by atoms with E-state index in [9.17, 15) is 8.42 Å². The third kappa shape index (κ3) is 4.49. The summed E-state index contributed by atoms with van der Waals surface area (Å²) >= 11 is 0. The number of nitrogens with one attached hydrogen (secondary N) is 1. The Labute approximate surface area is 122 Å². The molecule has 4 nitrogen and oxygen atoms in total. The molecule has 0 saturated carbocycles. The first-order valence-electron chi connectivity index (χ1n) is 7.17. The van der Waals surface area contributed by atoms with E-state index in [1.807, 2.05) is 0 Å². The van der Waals surface area contributed by atoms with Crippen molar-refractivity contribution in [2.45, 2.75) is 13.3 Å². The number of nitrogens with zero attached hydrogens (tertiary/aromatic N) is 1. The summed E-state index contributed by atoms with van der Waals surface area (Å²) in [4.78, 5) is 2.40. The van der Waals surface area contributed by atoms with E-state index >= 15 is 0 Å². The molecule has 0 fully saturated rings. The van der Waals surface area contributed by atoms with Crippen LogP contribution < -0.4 is 10.2 Å². The zero-order valence-electron chi connectivity index (χ0n) is 12.3. The van der Waals surface area contributed by atoms with E-state index in [-0.39, 0.29) is 5.75 Å². The Bertz CT molecular complexity index is 543. The summed E-state index contributed by atoms with van der Waals surface area (Å²) in [6.07, 6.45) is 2.42. The second-order valence-electron chi connectivity index (χ2n) is 5.76. The van der Waals surface area contributed by atoms with Crippen LogP contribution in [-0.2, 0) is 16.3 Å². The monoisotopic (exact) mass is 296 g/mol. The summed E-state index contributed by atoms with van der Waals surface area (Å²) < 4.78 is 22.1. The lowest BCUT2D eigenvalue weighted by atomic mass is 9.94. The molecule has 0 bridgehead atoms. The molecule has 20 heavy (non-hydrogen) atoms. The molecule has 2 rings (SSSR count). The maximum absolute atomic E-state index is 11.1. The Morgan fingerprint density at radius 1 is 1.30 bits per heavy atom. The highest BCUT2D eigenvalue weighted by Gasteiger charge is 2.20. The van der Waals surface area contributed by atoms with Gasteiger partial charge in [-0.05, 0) is 24.0 Å². The van der Waals surface area contributed by atoms with Gasteiger partial charge in [-0.1, -0.05) is 25.1 Å². The van der Waals surface area contributed by atoms with Crippen molar-refractivity contribution < 1.29 is 8.42 Å². The summed E-state index contributed by atoms with van der Waals surface area (Å²) in [7, 11) is -2.86. The molecule has 0 amide bonds. The van der Waals surface area contributed by atoms with Crippen LogP contribution in [-0.4, -0.2) is 46.6 Å². The van der Waals surface area contributed by atoms with Gasteiger partial charge in [0.2, 0.25) is 0 Å². The van der Waals surface area contributed by atoms with Gasteiger partial charge in [0.25, 0.3) is 0 Å². The van der Waals surface area contributed by atoms with E-state index in [0.717, 1.165) is 26.1 Å². The van der Waals surface area contributed by atoms with Gasteiger partial charge in [0.05, 0.1) is 5.75 Å². The lowest BCUT2D eigenvalue weighted by Crippen LogP contribution is -2.39. The van der Waals surface area contributed by atoms with Gasteiger partial charge in [0.15, 0.2) is 0 Å². The largest absolute Gasteiger partial charge is 0.370 e. The van der Waals surface area contributed by atoms with Gasteiger partial charge in [0, 0.05) is 38.1 Å². The predicted octanol–water partition coefficient (Wildman–Crippen LogP) is 1.32. The Balaban J connectivity index is 1.84. The number of rotatable bonds is 6. The van der Waals surface area contributed by atoms with E-state index < -0.39 is 9.84 Å². The molecule has 1 unspecified atom stereocenters. The summed E-state index contributed by atoms with van der Waals surface area (Å²) in [6, 6.07) is 8.56. The van der Waals surface area contributed by atoms with E-state index in [1.54, 1.807) is 0 Å². The summed E-state index contributed by atoms with van der Waals surface area (Å²) in [5.41, 5.74) is 2.75. The van der Waals surface area contributed by atoms with E-state index in [0.29, 0.717) is 12.5 Å². The number of fused-ring (bicyclic) bond motifs is 1. The molecule has 0 spiro atoms. The molecule has 0 aliphatic carbocycles. The number of hydrogen-bond donors (Lipinski definition) is 1. The maximum Gasteiger partial charge on any atom is 0.148 e. The van der Waals surface area contributed by atoms with Crippen LogP contribution in [0.25, 0.3) is 0 Å². The van der Waals surface area contributed by atoms with Gasteiger partial charge in [-0.15, -0.1) is 0 Å². The second kappa shape index (κ2) is 6.59. The smallest absolute Gasteiger partial charge is 0.148 e. The van der Waals surface area contributed by atoms with Gasteiger partial charge in [-0.2, -0.15) is 0 Å². The fourth-order valence-electron chi connectivity index (χ4n) is 2.71. The molecular formula is C15H24N2O2S. The standard InChI is InChI=1S/C15H24N2O2S/c1-13-11-14-5-3-4-6-15(14)17(12-13)9-7-16-8-10-20(2,18)19/h3-6,13,16H,7-12H2,1-2H3. The van der Waals surface area contributed by atoms with Crippen LogP contribution in [0.3, 0.4) is 0 Å². The molecule has 1 atom stereocenters. The van der Waals surface area contributed by atoms with Gasteiger partial charge >= 0.3 is 0 Å². The van der Waals surface area contributed by atoms with Crippen molar-refractivity contribution in [1.82, 2.24) is 5.32 Å². The summed E-state index contributed by atoms with van der Waals surface area (Å²) in [6.45, 7) is 5.62. The highest BCUT2D eigenvalue weighted by atomic mass is 32.2. The first kappa shape index (κ1) is 15.3. The number of hydrogen-bond acceptors (Lipinski definition) is 4. The normalized spacial score (nSPS) is 18.9. The van der Waals surface area contributed by atoms with Gasteiger partial charge < -0.3 is 10.2 Å². The Kier molecular flexibility index (Phi) is 5.05. The summed E-state index contributed by atoms with van der Waals surface area (Å²) in [5.74, 6) is 0.876. The first-order valence-corrected chi connectivity index (χ1v) is 9.23. The van der Waals surface area contributed by atoms with Crippen molar-refractivity contribution in [2.75, 3.05) is 43.1 Å². The molecule has 1 aromatic carbocycles. The third-order valence-electron chi connectivity index (χ3n) is 3.64. The first-order chi connectivity index (χ1) is 9.46. The fraction of sp³-hybridized carbons (Fsp3) is 0.600. The SMILES string of the molecule is CC1Cc2ccccc2N(CCNCCS(C)(=O)=O)C1. The fourth-order valence-corrected chi connectivity index (χ4v) is 3.23. The lowest BCUT2D eigenvalue weighted by molar-refractivity contribution is 0.524. The third-order valence-corrected chi connectivity index (χ3v) is 4.59. The highest BCUT2D eigenvalue weighted by Crippen LogP contribution is 2.28. The quantitative estimate of drug-likeness (QED) is 0.805. The van der Waals surface area contributed by atoms with E-state index in [1.165, 1.54) is 17.5 Å². The van der Waals surface area contributed by atoms with Crippen LogP contribution >= 0.6 is 0 Å². The van der Waals surface area contributed by atoms with Crippen molar-refractivity contribution in [3.05, 3.63) is 29.8 Å². The molecule has 112 valence electrons. The molecular weight excluding hydrogens is 272 g/mol. The van der Waals surface area contributed by atoms with Crippen molar-refractivity contribution in [3.8, 4) is 0 Å². The van der Waals surface area contributed by atoms with Crippen LogP contribution in [0, 0.1) is 5.92 Å².